The molecule has 2 aromatic carbocycles. The Morgan fingerprint density at radius 2 is 1.89 bits per heavy atom. The van der Waals surface area contributed by atoms with Crippen LogP contribution in [0.1, 0.15) is 62.6 Å². The largest absolute Gasteiger partial charge is 0.493 e. The second-order valence-electron chi connectivity index (χ2n) is 7.01. The zero-order chi connectivity index (χ0) is 19.9. The number of aryl methyl sites for hydroxylation is 2. The van der Waals surface area contributed by atoms with Crippen molar-refractivity contribution in [2.45, 2.75) is 59.3 Å². The molecule has 0 bridgehead atoms. The number of nitrogens with zero attached hydrogens (tertiary/aromatic N) is 1. The molecule has 4 rings (SSSR count). The third kappa shape index (κ3) is 4.46. The molecule has 0 N–H and O–H groups in total. The van der Waals surface area contributed by atoms with Gasteiger partial charge in [0.25, 0.3) is 0 Å². The van der Waals surface area contributed by atoms with E-state index in [1.54, 1.807) is 0 Å². The summed E-state index contributed by atoms with van der Waals surface area (Å²) >= 11 is 0. The third-order valence-corrected chi connectivity index (χ3v) is 5.22. The molecule has 0 aliphatic heterocycles. The van der Waals surface area contributed by atoms with Gasteiger partial charge in [0, 0.05) is 18.4 Å². The fraction of sp³-hybridized carbons (Fsp3) is 0.400. The number of aromatic nitrogens is 1. The topological polar surface area (TPSA) is 35.3 Å². The molecule has 0 fully saturated rings. The van der Waals surface area contributed by atoms with Crippen molar-refractivity contribution in [3.05, 3.63) is 71.1 Å². The molecule has 0 radical (unpaired) electrons. The highest BCUT2D eigenvalue weighted by Gasteiger charge is 2.19. The number of rotatable bonds is 6. The minimum Gasteiger partial charge on any atom is -0.493 e. The van der Waals surface area contributed by atoms with E-state index in [0.29, 0.717) is 18.4 Å². The van der Waals surface area contributed by atoms with Gasteiger partial charge in [0.05, 0.1) is 12.3 Å². The van der Waals surface area contributed by atoms with Crippen molar-refractivity contribution in [1.29, 1.82) is 0 Å². The van der Waals surface area contributed by atoms with Crippen molar-refractivity contribution in [1.82, 2.24) is 4.98 Å². The highest BCUT2D eigenvalue weighted by Crippen LogP contribution is 2.34. The summed E-state index contributed by atoms with van der Waals surface area (Å²) in [6.07, 6.45) is 4.01. The number of benzene rings is 2. The molecule has 148 valence electrons. The van der Waals surface area contributed by atoms with Gasteiger partial charge >= 0.3 is 0 Å². The highest BCUT2D eigenvalue weighted by molar-refractivity contribution is 5.53. The van der Waals surface area contributed by atoms with Crippen molar-refractivity contribution in [2.24, 2.45) is 0 Å². The maximum atomic E-state index is 6.00. The molecule has 1 heterocycles. The molecule has 0 saturated heterocycles. The van der Waals surface area contributed by atoms with Gasteiger partial charge in [0.2, 0.25) is 5.89 Å². The van der Waals surface area contributed by atoms with Gasteiger partial charge in [-0.1, -0.05) is 52.0 Å². The van der Waals surface area contributed by atoms with Crippen LogP contribution in [0.2, 0.25) is 0 Å². The summed E-state index contributed by atoms with van der Waals surface area (Å²) in [5, 5.41) is 0. The molecule has 3 aromatic rings. The Balaban J connectivity index is 0.00000109. The first-order valence-corrected chi connectivity index (χ1v) is 10.5. The SMILES string of the molecule is CC.CCc1oc(-c2ccccc2)nc1CCOc1ccc2c(c1)CCC2C. The van der Waals surface area contributed by atoms with Crippen LogP contribution in [-0.2, 0) is 19.3 Å². The van der Waals surface area contributed by atoms with E-state index in [1.165, 1.54) is 17.5 Å². The molecule has 1 unspecified atom stereocenters. The molecule has 1 aromatic heterocycles. The second kappa shape index (κ2) is 9.59. The van der Waals surface area contributed by atoms with Crippen LogP contribution in [0.3, 0.4) is 0 Å². The van der Waals surface area contributed by atoms with Crippen molar-refractivity contribution in [3.8, 4) is 17.2 Å². The number of hydrogen-bond acceptors (Lipinski definition) is 3. The fourth-order valence-electron chi connectivity index (χ4n) is 3.72. The van der Waals surface area contributed by atoms with Gasteiger partial charge in [-0.3, -0.25) is 0 Å². The maximum absolute atomic E-state index is 6.00. The van der Waals surface area contributed by atoms with E-state index in [4.69, 9.17) is 14.1 Å². The van der Waals surface area contributed by atoms with Crippen LogP contribution in [-0.4, -0.2) is 11.6 Å². The van der Waals surface area contributed by atoms with Gasteiger partial charge in [-0.2, -0.15) is 0 Å². The van der Waals surface area contributed by atoms with Gasteiger partial charge in [-0.05, 0) is 54.2 Å². The first kappa shape index (κ1) is 20.2. The Kier molecular flexibility index (Phi) is 6.91. The third-order valence-electron chi connectivity index (χ3n) is 5.22. The molecule has 1 atom stereocenters. The summed E-state index contributed by atoms with van der Waals surface area (Å²) in [4.78, 5) is 4.70. The molecule has 0 saturated carbocycles. The summed E-state index contributed by atoms with van der Waals surface area (Å²) < 4.78 is 12.0. The maximum Gasteiger partial charge on any atom is 0.226 e. The van der Waals surface area contributed by atoms with Crippen molar-refractivity contribution >= 4 is 0 Å². The zero-order valence-electron chi connectivity index (χ0n) is 17.5. The van der Waals surface area contributed by atoms with Crippen molar-refractivity contribution in [2.75, 3.05) is 6.61 Å². The van der Waals surface area contributed by atoms with E-state index in [0.717, 1.165) is 42.0 Å². The lowest BCUT2D eigenvalue weighted by atomic mass is 10.0. The Labute approximate surface area is 168 Å². The molecule has 3 nitrogen and oxygen atoms in total. The lowest BCUT2D eigenvalue weighted by Crippen LogP contribution is -2.04. The smallest absolute Gasteiger partial charge is 0.226 e. The quantitative estimate of drug-likeness (QED) is 0.485. The molecule has 1 aliphatic rings. The Bertz CT molecular complexity index is 883. The van der Waals surface area contributed by atoms with Crippen LogP contribution in [0, 0.1) is 0 Å². The van der Waals surface area contributed by atoms with Crippen LogP contribution < -0.4 is 4.74 Å². The van der Waals surface area contributed by atoms with E-state index >= 15 is 0 Å². The molecule has 1 aliphatic carbocycles. The highest BCUT2D eigenvalue weighted by atomic mass is 16.5. The van der Waals surface area contributed by atoms with Gasteiger partial charge in [-0.15, -0.1) is 0 Å². The molecular formula is C25H31NO2. The number of oxazole rings is 1. The Morgan fingerprint density at radius 1 is 1.11 bits per heavy atom. The normalized spacial score (nSPS) is 14.9. The second-order valence-corrected chi connectivity index (χ2v) is 7.01. The zero-order valence-corrected chi connectivity index (χ0v) is 17.5. The van der Waals surface area contributed by atoms with Crippen molar-refractivity contribution in [3.63, 3.8) is 0 Å². The average molecular weight is 378 g/mol. The lowest BCUT2D eigenvalue weighted by molar-refractivity contribution is 0.319. The Hall–Kier alpha value is -2.55. The lowest BCUT2D eigenvalue weighted by Gasteiger charge is -2.09. The van der Waals surface area contributed by atoms with E-state index in [1.807, 2.05) is 44.2 Å². The minimum atomic E-state index is 0.613. The summed E-state index contributed by atoms with van der Waals surface area (Å²) in [6.45, 7) is 9.01. The van der Waals surface area contributed by atoms with Crippen molar-refractivity contribution < 1.29 is 9.15 Å². The predicted molar refractivity (Wildman–Crippen MR) is 115 cm³/mol. The number of fused-ring (bicyclic) bond motifs is 1. The predicted octanol–water partition coefficient (Wildman–Crippen LogP) is 6.60. The standard InChI is InChI=1S/C23H25NO2.C2H6/c1-3-22-21(24-23(26-22)17-7-5-4-6-8-17)13-14-25-19-11-12-20-16(2)9-10-18(20)15-19;1-2/h4-8,11-12,15-16H,3,9-10,13-14H2,1-2H3;1-2H3. The number of ether oxygens (including phenoxy) is 1. The first-order valence-electron chi connectivity index (χ1n) is 10.5. The van der Waals surface area contributed by atoms with E-state index < -0.39 is 0 Å². The summed E-state index contributed by atoms with van der Waals surface area (Å²) in [5.74, 6) is 3.29. The first-order chi connectivity index (χ1) is 13.7. The summed E-state index contributed by atoms with van der Waals surface area (Å²) in [7, 11) is 0. The molecule has 28 heavy (non-hydrogen) atoms. The molecular weight excluding hydrogens is 346 g/mol. The average Bonchev–Trinajstić information content (AvgIpc) is 3.33. The molecule has 3 heteroatoms. The summed E-state index contributed by atoms with van der Waals surface area (Å²) in [5.41, 5.74) is 4.94. The molecule has 0 amide bonds. The Morgan fingerprint density at radius 3 is 2.64 bits per heavy atom. The van der Waals surface area contributed by atoms with Gasteiger partial charge in [0.15, 0.2) is 0 Å². The van der Waals surface area contributed by atoms with Crippen LogP contribution >= 0.6 is 0 Å². The van der Waals surface area contributed by atoms with Crippen LogP contribution in [0.4, 0.5) is 0 Å². The van der Waals surface area contributed by atoms with Gasteiger partial charge in [-0.25, -0.2) is 4.98 Å². The monoisotopic (exact) mass is 377 g/mol. The fourth-order valence-corrected chi connectivity index (χ4v) is 3.72. The minimum absolute atomic E-state index is 0.613. The van der Waals surface area contributed by atoms with Crippen LogP contribution in [0.15, 0.2) is 52.9 Å². The number of hydrogen-bond donors (Lipinski definition) is 0. The van der Waals surface area contributed by atoms with E-state index in [9.17, 15) is 0 Å². The van der Waals surface area contributed by atoms with Gasteiger partial charge in [0.1, 0.15) is 11.5 Å². The van der Waals surface area contributed by atoms with E-state index in [2.05, 4.69) is 32.0 Å². The molecule has 0 spiro atoms. The van der Waals surface area contributed by atoms with Crippen LogP contribution in [0.25, 0.3) is 11.5 Å². The summed E-state index contributed by atoms with van der Waals surface area (Å²) in [6, 6.07) is 16.6. The van der Waals surface area contributed by atoms with E-state index in [-0.39, 0.29) is 0 Å². The van der Waals surface area contributed by atoms with Gasteiger partial charge < -0.3 is 9.15 Å². The van der Waals surface area contributed by atoms with Crippen LogP contribution in [0.5, 0.6) is 5.75 Å².